The molecule has 19 heavy (non-hydrogen) atoms. The van der Waals surface area contributed by atoms with E-state index >= 15 is 0 Å². The molecule has 0 N–H and O–H groups in total. The summed E-state index contributed by atoms with van der Waals surface area (Å²) in [6.07, 6.45) is 0.931. The van der Waals surface area contributed by atoms with Crippen LogP contribution in [0.2, 0.25) is 0 Å². The first-order chi connectivity index (χ1) is 9.06. The van der Waals surface area contributed by atoms with Crippen molar-refractivity contribution in [3.8, 4) is 0 Å². The first-order valence-electron chi connectivity index (χ1n) is 5.57. The van der Waals surface area contributed by atoms with Crippen LogP contribution in [-0.2, 0) is 37.2 Å². The summed E-state index contributed by atoms with van der Waals surface area (Å²) in [6, 6.07) is 0. The predicted molar refractivity (Wildman–Crippen MR) is 62.8 cm³/mol. The Morgan fingerprint density at radius 1 is 0.947 bits per heavy atom. The zero-order valence-electron chi connectivity index (χ0n) is 10.6. The molecule has 2 heterocycles. The summed E-state index contributed by atoms with van der Waals surface area (Å²) in [5.41, 5.74) is 0. The van der Waals surface area contributed by atoms with Gasteiger partial charge in [-0.3, -0.25) is 0 Å². The first kappa shape index (κ1) is 14.4. The van der Waals surface area contributed by atoms with Gasteiger partial charge in [-0.25, -0.2) is 0 Å². The average molecular weight is 294 g/mol. The van der Waals surface area contributed by atoms with Crippen molar-refractivity contribution in [2.75, 3.05) is 40.6 Å². The van der Waals surface area contributed by atoms with Crippen LogP contribution in [-0.4, -0.2) is 52.6 Å². The molecule has 0 bridgehead atoms. The maximum absolute atomic E-state index is 11.9. The van der Waals surface area contributed by atoms with Crippen molar-refractivity contribution in [2.24, 2.45) is 0 Å². The van der Waals surface area contributed by atoms with Gasteiger partial charge < -0.3 is 0 Å². The van der Waals surface area contributed by atoms with Gasteiger partial charge in [-0.15, -0.1) is 0 Å². The van der Waals surface area contributed by atoms with E-state index in [-0.39, 0.29) is 31.7 Å². The normalized spacial score (nSPS) is 26.6. The summed E-state index contributed by atoms with van der Waals surface area (Å²) in [6.45, 7) is 0.807. The van der Waals surface area contributed by atoms with Crippen molar-refractivity contribution in [3.63, 3.8) is 0 Å². The van der Waals surface area contributed by atoms with E-state index in [1.54, 1.807) is 0 Å². The van der Waals surface area contributed by atoms with Gasteiger partial charge in [0.15, 0.2) is 0 Å². The summed E-state index contributed by atoms with van der Waals surface area (Å²) in [7, 11) is -1.85. The van der Waals surface area contributed by atoms with E-state index in [0.717, 1.165) is 6.08 Å². The van der Waals surface area contributed by atoms with Gasteiger partial charge in [-0.05, 0) is 0 Å². The summed E-state index contributed by atoms with van der Waals surface area (Å²) in [4.78, 5) is 23.3. The molecule has 0 aromatic heterocycles. The number of carbonyl (C=O) groups excluding carboxylic acids is 2. The minimum absolute atomic E-state index is 0.202. The Morgan fingerprint density at radius 2 is 1.42 bits per heavy atom. The average Bonchev–Trinajstić information content (AvgIpc) is 3.05. The van der Waals surface area contributed by atoms with Crippen LogP contribution in [0.25, 0.3) is 0 Å². The van der Waals surface area contributed by atoms with Gasteiger partial charge in [0.05, 0.1) is 0 Å². The Balaban J connectivity index is 2.49. The SMILES string of the molecule is COC(=O)/C=C(/C(=O)OC)P12(OCCO1)OCCO2. The van der Waals surface area contributed by atoms with E-state index in [2.05, 4.69) is 9.47 Å². The molecule has 0 atom stereocenters. The number of carbonyl (C=O) groups is 2. The number of esters is 2. The molecule has 1 spiro atoms. The van der Waals surface area contributed by atoms with Gasteiger partial charge in [0.1, 0.15) is 0 Å². The minimum atomic E-state index is -4.21. The zero-order valence-corrected chi connectivity index (χ0v) is 11.5. The van der Waals surface area contributed by atoms with Gasteiger partial charge in [0.2, 0.25) is 0 Å². The summed E-state index contributed by atoms with van der Waals surface area (Å²) < 4.78 is 31.2. The molecule has 9 heteroatoms. The molecule has 0 aromatic carbocycles. The molecule has 2 aliphatic heterocycles. The topological polar surface area (TPSA) is 89.5 Å². The number of hydrogen-bond donors (Lipinski definition) is 0. The van der Waals surface area contributed by atoms with E-state index in [1.165, 1.54) is 14.2 Å². The molecule has 0 aliphatic carbocycles. The van der Waals surface area contributed by atoms with Gasteiger partial charge in [0.25, 0.3) is 0 Å². The van der Waals surface area contributed by atoms with E-state index in [4.69, 9.17) is 18.1 Å². The monoisotopic (exact) mass is 294 g/mol. The molecule has 0 unspecified atom stereocenters. The second kappa shape index (κ2) is 5.15. The van der Waals surface area contributed by atoms with Crippen molar-refractivity contribution in [2.45, 2.75) is 0 Å². The van der Waals surface area contributed by atoms with Gasteiger partial charge >= 0.3 is 109 Å². The Hall–Kier alpha value is -1.05. The maximum atomic E-state index is 11.9. The molecular formula is C10H15O8P. The van der Waals surface area contributed by atoms with E-state index in [9.17, 15) is 9.59 Å². The number of ether oxygens (including phenoxy) is 2. The molecule has 0 saturated carbocycles. The fourth-order valence-electron chi connectivity index (χ4n) is 1.87. The van der Waals surface area contributed by atoms with Crippen molar-refractivity contribution in [1.29, 1.82) is 0 Å². The Labute approximate surface area is 109 Å². The molecule has 0 radical (unpaired) electrons. The van der Waals surface area contributed by atoms with Crippen LogP contribution in [0.15, 0.2) is 11.4 Å². The third kappa shape index (κ3) is 2.26. The van der Waals surface area contributed by atoms with Crippen LogP contribution in [0.4, 0.5) is 0 Å². The predicted octanol–water partition coefficient (Wildman–Crippen LogP) is 0.523. The summed E-state index contributed by atoms with van der Waals surface area (Å²) in [5, 5.41) is -0.213. The quantitative estimate of drug-likeness (QED) is 0.423. The number of hydrogen-bond acceptors (Lipinski definition) is 8. The number of methoxy groups -OCH3 is 2. The van der Waals surface area contributed by atoms with E-state index in [0.29, 0.717) is 0 Å². The van der Waals surface area contributed by atoms with Crippen LogP contribution in [0.1, 0.15) is 0 Å². The Kier molecular flexibility index (Phi) is 3.89. The third-order valence-corrected chi connectivity index (χ3v) is 6.28. The second-order valence-electron chi connectivity index (χ2n) is 3.69. The molecule has 108 valence electrons. The van der Waals surface area contributed by atoms with E-state index < -0.39 is 19.4 Å². The summed E-state index contributed by atoms with van der Waals surface area (Å²) in [5.74, 6) is -1.57. The van der Waals surface area contributed by atoms with Gasteiger partial charge in [-0.1, -0.05) is 0 Å². The molecule has 2 fully saturated rings. The molecule has 8 nitrogen and oxygen atoms in total. The molecule has 2 aliphatic rings. The third-order valence-electron chi connectivity index (χ3n) is 2.67. The fourth-order valence-corrected chi connectivity index (χ4v) is 5.14. The number of rotatable bonds is 3. The molecule has 0 amide bonds. The van der Waals surface area contributed by atoms with Crippen molar-refractivity contribution in [1.82, 2.24) is 0 Å². The van der Waals surface area contributed by atoms with Crippen LogP contribution in [0.3, 0.4) is 0 Å². The second-order valence-corrected chi connectivity index (χ2v) is 6.83. The van der Waals surface area contributed by atoms with E-state index in [1.807, 2.05) is 0 Å². The van der Waals surface area contributed by atoms with Crippen LogP contribution in [0, 0.1) is 0 Å². The fraction of sp³-hybridized carbons (Fsp3) is 0.600. The molecule has 2 saturated heterocycles. The van der Waals surface area contributed by atoms with Crippen molar-refractivity contribution >= 4 is 19.4 Å². The molecule has 2 rings (SSSR count). The van der Waals surface area contributed by atoms with Gasteiger partial charge in [0, 0.05) is 0 Å². The van der Waals surface area contributed by atoms with Crippen LogP contribution < -0.4 is 0 Å². The van der Waals surface area contributed by atoms with Crippen LogP contribution >= 0.6 is 7.51 Å². The Morgan fingerprint density at radius 3 is 1.79 bits per heavy atom. The van der Waals surface area contributed by atoms with Crippen LogP contribution in [0.5, 0.6) is 0 Å². The Bertz CT molecular complexity index is 396. The van der Waals surface area contributed by atoms with Crippen molar-refractivity contribution < 1.29 is 37.2 Å². The molecular weight excluding hydrogens is 279 g/mol. The zero-order chi connectivity index (χ0) is 14.0. The standard InChI is InChI=1S/C10H15O8P/c1-13-9(11)7-8(10(12)14-2)19(15-3-4-16-19)17-5-6-18-19/h7H,3-6H2,1-2H3/b8-7-. The van der Waals surface area contributed by atoms with Crippen molar-refractivity contribution in [3.05, 3.63) is 11.4 Å². The van der Waals surface area contributed by atoms with Gasteiger partial charge in [-0.2, -0.15) is 0 Å². The summed E-state index contributed by atoms with van der Waals surface area (Å²) >= 11 is 0. The molecule has 0 aromatic rings. The first-order valence-corrected chi connectivity index (χ1v) is 7.48.